The van der Waals surface area contributed by atoms with Crippen LogP contribution >= 0.6 is 0 Å². The zero-order valence-corrected chi connectivity index (χ0v) is 10.7. The summed E-state index contributed by atoms with van der Waals surface area (Å²) >= 11 is 0. The predicted molar refractivity (Wildman–Crippen MR) is 70.2 cm³/mol. The van der Waals surface area contributed by atoms with Gasteiger partial charge in [-0.25, -0.2) is 0 Å². The fourth-order valence-corrected chi connectivity index (χ4v) is 2.37. The normalized spacial score (nSPS) is 20.0. The Kier molecular flexibility index (Phi) is 3.20. The third-order valence-electron chi connectivity index (χ3n) is 3.37. The molecule has 3 N–H and O–H groups in total. The lowest BCUT2D eigenvalue weighted by atomic mass is 9.94. The summed E-state index contributed by atoms with van der Waals surface area (Å²) in [7, 11) is 0. The highest BCUT2D eigenvalue weighted by Gasteiger charge is 2.28. The van der Waals surface area contributed by atoms with Crippen molar-refractivity contribution in [3.63, 3.8) is 0 Å². The topological polar surface area (TPSA) is 55.1 Å². The van der Waals surface area contributed by atoms with E-state index < -0.39 is 0 Å². The number of amides is 1. The molecule has 1 aromatic rings. The quantitative estimate of drug-likeness (QED) is 0.839. The van der Waals surface area contributed by atoms with Crippen LogP contribution < -0.4 is 11.1 Å². The van der Waals surface area contributed by atoms with Crippen molar-refractivity contribution in [1.82, 2.24) is 0 Å². The largest absolute Gasteiger partial charge is 0.328 e. The number of hydrogen-bond acceptors (Lipinski definition) is 2. The molecule has 2 unspecified atom stereocenters. The number of fused-ring (bicyclic) bond motifs is 1. The molecule has 0 radical (unpaired) electrons. The molecule has 17 heavy (non-hydrogen) atoms. The van der Waals surface area contributed by atoms with Crippen LogP contribution in [0.2, 0.25) is 0 Å². The van der Waals surface area contributed by atoms with Crippen molar-refractivity contribution >= 4 is 11.6 Å². The minimum atomic E-state index is -0.0386. The van der Waals surface area contributed by atoms with Crippen LogP contribution in [0.1, 0.15) is 43.4 Å². The van der Waals surface area contributed by atoms with Gasteiger partial charge in [-0.05, 0) is 43.4 Å². The Balaban J connectivity index is 2.49. The first kappa shape index (κ1) is 12.1. The number of anilines is 1. The van der Waals surface area contributed by atoms with E-state index in [4.69, 9.17) is 5.73 Å². The molecule has 2 atom stereocenters. The van der Waals surface area contributed by atoms with Gasteiger partial charge in [0.25, 0.3) is 0 Å². The second-order valence-corrected chi connectivity index (χ2v) is 4.97. The zero-order chi connectivity index (χ0) is 12.6. The maximum absolute atomic E-state index is 11.7. The molecule has 1 aromatic carbocycles. The SMILES string of the molecule is CCc1cc(CC(C)N)c2c(c1)C(C)C(=O)N2. The monoisotopic (exact) mass is 232 g/mol. The van der Waals surface area contributed by atoms with E-state index in [1.54, 1.807) is 0 Å². The first-order valence-electron chi connectivity index (χ1n) is 6.25. The smallest absolute Gasteiger partial charge is 0.231 e. The summed E-state index contributed by atoms with van der Waals surface area (Å²) in [6.07, 6.45) is 1.79. The molecule has 0 fully saturated rings. The van der Waals surface area contributed by atoms with E-state index in [1.807, 2.05) is 13.8 Å². The minimum Gasteiger partial charge on any atom is -0.328 e. The maximum Gasteiger partial charge on any atom is 0.231 e. The van der Waals surface area contributed by atoms with E-state index in [0.29, 0.717) is 0 Å². The molecule has 3 nitrogen and oxygen atoms in total. The molecule has 0 saturated carbocycles. The molecule has 0 bridgehead atoms. The van der Waals surface area contributed by atoms with E-state index >= 15 is 0 Å². The van der Waals surface area contributed by atoms with Gasteiger partial charge in [0.2, 0.25) is 5.91 Å². The van der Waals surface area contributed by atoms with E-state index in [0.717, 1.165) is 24.1 Å². The van der Waals surface area contributed by atoms with Crippen molar-refractivity contribution in [2.45, 2.75) is 45.6 Å². The predicted octanol–water partition coefficient (Wildman–Crippen LogP) is 2.19. The lowest BCUT2D eigenvalue weighted by Gasteiger charge is -2.13. The van der Waals surface area contributed by atoms with Gasteiger partial charge < -0.3 is 11.1 Å². The van der Waals surface area contributed by atoms with Crippen molar-refractivity contribution in [2.24, 2.45) is 5.73 Å². The van der Waals surface area contributed by atoms with Crippen LogP contribution in [0.25, 0.3) is 0 Å². The number of rotatable bonds is 3. The van der Waals surface area contributed by atoms with Crippen molar-refractivity contribution in [3.8, 4) is 0 Å². The minimum absolute atomic E-state index is 0.0386. The van der Waals surface area contributed by atoms with Gasteiger partial charge in [0.15, 0.2) is 0 Å². The van der Waals surface area contributed by atoms with Crippen molar-refractivity contribution in [3.05, 3.63) is 28.8 Å². The van der Waals surface area contributed by atoms with Crippen molar-refractivity contribution < 1.29 is 4.79 Å². The summed E-state index contributed by atoms with van der Waals surface area (Å²) in [4.78, 5) is 11.7. The van der Waals surface area contributed by atoms with Crippen LogP contribution in [0, 0.1) is 0 Å². The zero-order valence-electron chi connectivity index (χ0n) is 10.7. The first-order chi connectivity index (χ1) is 8.02. The average Bonchev–Trinajstić information content (AvgIpc) is 2.55. The molecule has 92 valence electrons. The Hall–Kier alpha value is -1.35. The second kappa shape index (κ2) is 4.49. The van der Waals surface area contributed by atoms with Crippen LogP contribution in [-0.4, -0.2) is 11.9 Å². The molecule has 0 aromatic heterocycles. The summed E-state index contributed by atoms with van der Waals surface area (Å²) in [6, 6.07) is 4.42. The van der Waals surface area contributed by atoms with Gasteiger partial charge in [0, 0.05) is 11.7 Å². The molecular formula is C14H20N2O. The first-order valence-corrected chi connectivity index (χ1v) is 6.25. The fourth-order valence-electron chi connectivity index (χ4n) is 2.37. The van der Waals surface area contributed by atoms with E-state index in [2.05, 4.69) is 24.4 Å². The number of benzene rings is 1. The molecule has 0 aliphatic carbocycles. The number of nitrogens with two attached hydrogens (primary N) is 1. The maximum atomic E-state index is 11.7. The number of hydrogen-bond donors (Lipinski definition) is 2. The fraction of sp³-hybridized carbons (Fsp3) is 0.500. The summed E-state index contributed by atoms with van der Waals surface area (Å²) in [5, 5.41) is 2.98. The van der Waals surface area contributed by atoms with E-state index in [9.17, 15) is 4.79 Å². The third-order valence-corrected chi connectivity index (χ3v) is 3.37. The van der Waals surface area contributed by atoms with Crippen LogP contribution in [-0.2, 0) is 17.6 Å². The Morgan fingerprint density at radius 2 is 2.18 bits per heavy atom. The van der Waals surface area contributed by atoms with Crippen molar-refractivity contribution in [1.29, 1.82) is 0 Å². The lowest BCUT2D eigenvalue weighted by Crippen LogP contribution is -2.19. The molecule has 1 amide bonds. The molecule has 1 aliphatic heterocycles. The van der Waals surface area contributed by atoms with Gasteiger partial charge in [0.1, 0.15) is 0 Å². The summed E-state index contributed by atoms with van der Waals surface area (Å²) < 4.78 is 0. The highest BCUT2D eigenvalue weighted by molar-refractivity contribution is 6.03. The van der Waals surface area contributed by atoms with Gasteiger partial charge in [-0.15, -0.1) is 0 Å². The molecule has 0 spiro atoms. The standard InChI is InChI=1S/C14H20N2O/c1-4-10-6-11(5-8(2)15)13-12(7-10)9(3)14(17)16-13/h6-9H,4-5,15H2,1-3H3,(H,16,17). The molecule has 0 saturated heterocycles. The van der Waals surface area contributed by atoms with Gasteiger partial charge >= 0.3 is 0 Å². The van der Waals surface area contributed by atoms with Gasteiger partial charge in [0.05, 0.1) is 5.92 Å². The second-order valence-electron chi connectivity index (χ2n) is 4.97. The molecule has 3 heteroatoms. The molecule has 1 heterocycles. The van der Waals surface area contributed by atoms with E-state index in [1.165, 1.54) is 11.1 Å². The number of nitrogens with one attached hydrogen (secondary N) is 1. The van der Waals surface area contributed by atoms with Crippen LogP contribution in [0.4, 0.5) is 5.69 Å². The highest BCUT2D eigenvalue weighted by Crippen LogP contribution is 2.36. The van der Waals surface area contributed by atoms with Crippen LogP contribution in [0.5, 0.6) is 0 Å². The van der Waals surface area contributed by atoms with E-state index in [-0.39, 0.29) is 17.9 Å². The number of aryl methyl sites for hydroxylation is 1. The number of carbonyl (C=O) groups excluding carboxylic acids is 1. The summed E-state index contributed by atoms with van der Waals surface area (Å²) in [5.41, 5.74) is 10.4. The van der Waals surface area contributed by atoms with Crippen molar-refractivity contribution in [2.75, 3.05) is 5.32 Å². The average molecular weight is 232 g/mol. The Labute approximate surface area is 102 Å². The summed E-state index contributed by atoms with van der Waals surface area (Å²) in [6.45, 7) is 6.08. The molecule has 1 aliphatic rings. The Bertz CT molecular complexity index is 452. The van der Waals surface area contributed by atoms with Gasteiger partial charge in [-0.3, -0.25) is 4.79 Å². The molecular weight excluding hydrogens is 212 g/mol. The number of carbonyl (C=O) groups is 1. The highest BCUT2D eigenvalue weighted by atomic mass is 16.2. The van der Waals surface area contributed by atoms with Crippen LogP contribution in [0.15, 0.2) is 12.1 Å². The Morgan fingerprint density at radius 1 is 1.47 bits per heavy atom. The van der Waals surface area contributed by atoms with Gasteiger partial charge in [-0.2, -0.15) is 0 Å². The summed E-state index contributed by atoms with van der Waals surface area (Å²) in [5.74, 6) is 0.0579. The molecule has 2 rings (SSSR count). The van der Waals surface area contributed by atoms with Crippen LogP contribution in [0.3, 0.4) is 0 Å². The Morgan fingerprint density at radius 3 is 2.76 bits per heavy atom. The third kappa shape index (κ3) is 2.20. The van der Waals surface area contributed by atoms with Gasteiger partial charge in [-0.1, -0.05) is 19.1 Å². The lowest BCUT2D eigenvalue weighted by molar-refractivity contribution is -0.116.